The van der Waals surface area contributed by atoms with E-state index in [0.29, 0.717) is 6.42 Å². The van der Waals surface area contributed by atoms with Crippen molar-refractivity contribution in [2.75, 3.05) is 12.3 Å². The van der Waals surface area contributed by atoms with Gasteiger partial charge in [-0.15, -0.1) is 11.8 Å². The Hall–Kier alpha value is -0.510. The molecular formula is C7H11NO2S. The zero-order valence-electron chi connectivity index (χ0n) is 6.41. The predicted molar refractivity (Wildman–Crippen MR) is 46.5 cm³/mol. The molecule has 1 heterocycles. The highest BCUT2D eigenvalue weighted by Gasteiger charge is 2.26. The zero-order valence-corrected chi connectivity index (χ0v) is 7.23. The van der Waals surface area contributed by atoms with Crippen molar-refractivity contribution in [3.05, 3.63) is 0 Å². The highest BCUT2D eigenvalue weighted by molar-refractivity contribution is 8.01. The molecule has 4 heteroatoms. The van der Waals surface area contributed by atoms with Gasteiger partial charge in [0.05, 0.1) is 0 Å². The summed E-state index contributed by atoms with van der Waals surface area (Å²) >= 11 is 1.47. The van der Waals surface area contributed by atoms with E-state index < -0.39 is 5.97 Å². The lowest BCUT2D eigenvalue weighted by Crippen LogP contribution is -2.13. The fourth-order valence-corrected chi connectivity index (χ4v) is 2.08. The molecule has 0 spiro atoms. The van der Waals surface area contributed by atoms with E-state index in [2.05, 4.69) is 4.99 Å². The van der Waals surface area contributed by atoms with Crippen molar-refractivity contribution in [3.63, 3.8) is 0 Å². The Kier molecular flexibility index (Phi) is 2.93. The first-order valence-electron chi connectivity index (χ1n) is 3.60. The average Bonchev–Trinajstić information content (AvgIpc) is 2.37. The van der Waals surface area contributed by atoms with Crippen LogP contribution in [0.15, 0.2) is 4.99 Å². The lowest BCUT2D eigenvalue weighted by atomic mass is 10.2. The van der Waals surface area contributed by atoms with Gasteiger partial charge in [0, 0.05) is 24.4 Å². The number of thioether (sulfide) groups is 1. The van der Waals surface area contributed by atoms with Gasteiger partial charge in [-0.2, -0.15) is 0 Å². The summed E-state index contributed by atoms with van der Waals surface area (Å²) in [4.78, 5) is 14.7. The van der Waals surface area contributed by atoms with Crippen LogP contribution in [-0.2, 0) is 4.79 Å². The normalized spacial score (nSPS) is 27.7. The van der Waals surface area contributed by atoms with Crippen LogP contribution in [0.3, 0.4) is 0 Å². The van der Waals surface area contributed by atoms with Crippen LogP contribution in [0.2, 0.25) is 0 Å². The van der Waals surface area contributed by atoms with E-state index in [4.69, 9.17) is 5.11 Å². The van der Waals surface area contributed by atoms with Gasteiger partial charge in [-0.3, -0.25) is 9.79 Å². The number of carbonyl (C=O) groups is 1. The summed E-state index contributed by atoms with van der Waals surface area (Å²) in [5.41, 5.74) is 1.05. The molecule has 0 amide bonds. The average molecular weight is 173 g/mol. The molecule has 1 fully saturated rings. The summed E-state index contributed by atoms with van der Waals surface area (Å²) in [5.74, 6) is 0.0847. The molecule has 1 rings (SSSR count). The first-order chi connectivity index (χ1) is 5.24. The molecule has 3 nitrogen and oxygen atoms in total. The van der Waals surface area contributed by atoms with E-state index in [-0.39, 0.29) is 5.25 Å². The van der Waals surface area contributed by atoms with Gasteiger partial charge in [0.1, 0.15) is 5.25 Å². The van der Waals surface area contributed by atoms with E-state index in [1.54, 1.807) is 0 Å². The fraction of sp³-hybridized carbons (Fsp3) is 0.714. The Labute approximate surface area is 69.9 Å². The van der Waals surface area contributed by atoms with Crippen molar-refractivity contribution < 1.29 is 9.90 Å². The van der Waals surface area contributed by atoms with Gasteiger partial charge in [0.25, 0.3) is 0 Å². The Morgan fingerprint density at radius 1 is 1.91 bits per heavy atom. The van der Waals surface area contributed by atoms with Gasteiger partial charge in [-0.1, -0.05) is 0 Å². The third-order valence-electron chi connectivity index (χ3n) is 1.53. The highest BCUT2D eigenvalue weighted by atomic mass is 32.2. The Bertz CT molecular complexity index is 191. The molecule has 0 aromatic heterocycles. The number of nitrogens with zero attached hydrogens (tertiary/aromatic N) is 1. The number of aliphatic carboxylic acids is 1. The summed E-state index contributed by atoms with van der Waals surface area (Å²) in [6.45, 7) is 2.73. The topological polar surface area (TPSA) is 49.7 Å². The number of aliphatic imine (C=N–C) groups is 1. The monoisotopic (exact) mass is 173 g/mol. The van der Waals surface area contributed by atoms with E-state index in [1.165, 1.54) is 11.8 Å². The van der Waals surface area contributed by atoms with Crippen LogP contribution in [0.5, 0.6) is 0 Å². The quantitative estimate of drug-likeness (QED) is 0.678. The molecular weight excluding hydrogens is 162 g/mol. The Morgan fingerprint density at radius 2 is 2.64 bits per heavy atom. The van der Waals surface area contributed by atoms with Crippen molar-refractivity contribution in [2.45, 2.75) is 18.6 Å². The Morgan fingerprint density at radius 3 is 3.09 bits per heavy atom. The number of rotatable bonds is 2. The van der Waals surface area contributed by atoms with Crippen LogP contribution >= 0.6 is 11.8 Å². The van der Waals surface area contributed by atoms with Crippen LogP contribution in [0.25, 0.3) is 0 Å². The Balaban J connectivity index is 2.47. The van der Waals surface area contributed by atoms with Gasteiger partial charge >= 0.3 is 5.97 Å². The molecule has 1 atom stereocenters. The molecule has 0 saturated carbocycles. The fourth-order valence-electron chi connectivity index (χ4n) is 1.02. The van der Waals surface area contributed by atoms with Gasteiger partial charge < -0.3 is 5.11 Å². The largest absolute Gasteiger partial charge is 0.480 e. The first-order valence-corrected chi connectivity index (χ1v) is 4.65. The van der Waals surface area contributed by atoms with Crippen molar-refractivity contribution in [3.8, 4) is 0 Å². The van der Waals surface area contributed by atoms with Crippen LogP contribution in [0.1, 0.15) is 13.3 Å². The second-order valence-electron chi connectivity index (χ2n) is 2.38. The summed E-state index contributed by atoms with van der Waals surface area (Å²) in [7, 11) is 0. The highest BCUT2D eigenvalue weighted by Crippen LogP contribution is 2.24. The molecule has 0 unspecified atom stereocenters. The molecule has 1 saturated heterocycles. The summed E-state index contributed by atoms with van der Waals surface area (Å²) in [5, 5.41) is 8.37. The summed E-state index contributed by atoms with van der Waals surface area (Å²) in [6, 6.07) is 0. The minimum absolute atomic E-state index is 0.250. The van der Waals surface area contributed by atoms with Gasteiger partial charge in [-0.05, 0) is 6.92 Å². The summed E-state index contributed by atoms with van der Waals surface area (Å²) in [6.07, 6.45) is 0.633. The molecule has 1 aliphatic heterocycles. The van der Waals surface area contributed by atoms with Crippen molar-refractivity contribution in [1.29, 1.82) is 0 Å². The van der Waals surface area contributed by atoms with Crippen molar-refractivity contribution in [2.24, 2.45) is 4.99 Å². The maximum absolute atomic E-state index is 10.5. The maximum atomic E-state index is 10.5. The number of carboxylic acid groups (broad SMARTS) is 1. The first kappa shape index (κ1) is 8.59. The van der Waals surface area contributed by atoms with Gasteiger partial charge in [-0.25, -0.2) is 0 Å². The number of hydrogen-bond donors (Lipinski definition) is 1. The molecule has 0 aromatic rings. The minimum atomic E-state index is -0.712. The van der Waals surface area contributed by atoms with Crippen molar-refractivity contribution >= 4 is 23.4 Å². The molecule has 62 valence electrons. The molecule has 1 N–H and O–H groups in total. The van der Waals surface area contributed by atoms with Crippen LogP contribution in [0, 0.1) is 0 Å². The standard InChI is InChI=1S/C7H11NO2S/c1-2-8-5-3-6(7(9)10)11-4-5/h6H,2-4H2,1H3,(H,9,10)/t6-/m0/s1. The molecule has 0 radical (unpaired) electrons. The van der Waals surface area contributed by atoms with Crippen LogP contribution in [-0.4, -0.2) is 34.3 Å². The van der Waals surface area contributed by atoms with Gasteiger partial charge in [0.15, 0.2) is 0 Å². The zero-order chi connectivity index (χ0) is 8.27. The SMILES string of the molecule is CCN=C1CS[C@H](C(=O)O)C1. The molecule has 0 bridgehead atoms. The van der Waals surface area contributed by atoms with E-state index >= 15 is 0 Å². The third kappa shape index (κ3) is 2.22. The van der Waals surface area contributed by atoms with E-state index in [9.17, 15) is 4.79 Å². The molecule has 1 aliphatic rings. The summed E-state index contributed by atoms with van der Waals surface area (Å²) < 4.78 is 0. The van der Waals surface area contributed by atoms with Crippen LogP contribution in [0.4, 0.5) is 0 Å². The lowest BCUT2D eigenvalue weighted by molar-refractivity contribution is -0.136. The predicted octanol–water partition coefficient (Wildman–Crippen LogP) is 1.04. The second-order valence-corrected chi connectivity index (χ2v) is 3.57. The third-order valence-corrected chi connectivity index (χ3v) is 2.80. The second kappa shape index (κ2) is 3.76. The molecule has 0 aliphatic carbocycles. The van der Waals surface area contributed by atoms with Gasteiger partial charge in [0.2, 0.25) is 0 Å². The van der Waals surface area contributed by atoms with Crippen molar-refractivity contribution in [1.82, 2.24) is 0 Å². The van der Waals surface area contributed by atoms with E-state index in [0.717, 1.165) is 18.0 Å². The van der Waals surface area contributed by atoms with E-state index in [1.807, 2.05) is 6.92 Å². The van der Waals surface area contributed by atoms with Crippen LogP contribution < -0.4 is 0 Å². The smallest absolute Gasteiger partial charge is 0.317 e. The molecule has 0 aromatic carbocycles. The minimum Gasteiger partial charge on any atom is -0.480 e. The number of hydrogen-bond acceptors (Lipinski definition) is 3. The lowest BCUT2D eigenvalue weighted by Gasteiger charge is -1.97. The number of carboxylic acids is 1. The maximum Gasteiger partial charge on any atom is 0.317 e. The molecule has 11 heavy (non-hydrogen) atoms.